The van der Waals surface area contributed by atoms with Crippen molar-refractivity contribution in [3.63, 3.8) is 0 Å². The van der Waals surface area contributed by atoms with E-state index in [9.17, 15) is 14.8 Å². The Hall–Kier alpha value is -3.82. The fraction of sp³-hybridized carbons (Fsp3) is 0.471. The van der Waals surface area contributed by atoms with Crippen molar-refractivity contribution in [1.82, 2.24) is 15.6 Å². The van der Waals surface area contributed by atoms with Crippen LogP contribution in [0.15, 0.2) is 85.3 Å². The Labute approximate surface area is 257 Å². The quantitative estimate of drug-likeness (QED) is 0.0719. The van der Waals surface area contributed by atoms with E-state index < -0.39 is 5.91 Å². The van der Waals surface area contributed by atoms with Crippen molar-refractivity contribution in [2.75, 3.05) is 39.5 Å². The van der Waals surface area contributed by atoms with Gasteiger partial charge in [-0.1, -0.05) is 79.8 Å². The molecular weight excluding hydrogens is 544 g/mol. The molecule has 1 rings (SSSR count). The molecular formula is C34H50N4O5. The maximum absolute atomic E-state index is 11.9. The molecule has 0 unspecified atom stereocenters. The van der Waals surface area contributed by atoms with Crippen LogP contribution in [0, 0.1) is 12.1 Å². The summed E-state index contributed by atoms with van der Waals surface area (Å²) in [7, 11) is 0. The Morgan fingerprint density at radius 2 is 1.26 bits per heavy atom. The number of ether oxygens (including phenoxy) is 2. The third-order valence-electron chi connectivity index (χ3n) is 5.82. The normalized spacial score (nSPS) is 12.2. The van der Waals surface area contributed by atoms with Gasteiger partial charge in [0.2, 0.25) is 17.8 Å². The van der Waals surface area contributed by atoms with Gasteiger partial charge in [0.15, 0.2) is 5.69 Å². The highest BCUT2D eigenvalue weighted by Gasteiger charge is 2.11. The first kappa shape index (κ1) is 37.2. The van der Waals surface area contributed by atoms with Crippen molar-refractivity contribution < 1.29 is 23.8 Å². The number of carbonyl (C=O) groups excluding carboxylic acids is 2. The first-order valence-corrected chi connectivity index (χ1v) is 15.2. The minimum atomic E-state index is -0.430. The first-order chi connectivity index (χ1) is 21.0. The van der Waals surface area contributed by atoms with E-state index in [2.05, 4.69) is 89.4 Å². The zero-order valence-electron chi connectivity index (χ0n) is 25.9. The maximum Gasteiger partial charge on any atom is 0.276 e. The summed E-state index contributed by atoms with van der Waals surface area (Å²) in [5.74, 6) is -0.429. The third kappa shape index (κ3) is 22.5. The van der Waals surface area contributed by atoms with E-state index in [1.54, 1.807) is 6.92 Å². The number of nitrogens with one attached hydrogen (secondary N) is 2. The lowest BCUT2D eigenvalue weighted by atomic mass is 10.2. The SMILES string of the molecule is CCC=CCC=CCC=CCC=CCC=CCC=CCCC(=O)NCCOCCOCCNC(=O)c1c[n+]([O-])c(C)cn1. The van der Waals surface area contributed by atoms with Gasteiger partial charge < -0.3 is 25.3 Å². The molecule has 43 heavy (non-hydrogen) atoms. The van der Waals surface area contributed by atoms with Crippen molar-refractivity contribution >= 4 is 11.8 Å². The number of carbonyl (C=O) groups is 2. The van der Waals surface area contributed by atoms with E-state index >= 15 is 0 Å². The third-order valence-corrected chi connectivity index (χ3v) is 5.82. The van der Waals surface area contributed by atoms with Crippen LogP contribution in [0.4, 0.5) is 0 Å². The number of nitrogens with zero attached hydrogens (tertiary/aromatic N) is 2. The van der Waals surface area contributed by atoms with E-state index in [0.29, 0.717) is 62.8 Å². The van der Waals surface area contributed by atoms with Crippen molar-refractivity contribution in [1.29, 1.82) is 0 Å². The fourth-order valence-corrected chi connectivity index (χ4v) is 3.44. The summed E-state index contributed by atoms with van der Waals surface area (Å²) in [5, 5.41) is 17.0. The summed E-state index contributed by atoms with van der Waals surface area (Å²) in [4.78, 5) is 27.8. The van der Waals surface area contributed by atoms with E-state index in [-0.39, 0.29) is 11.6 Å². The Balaban J connectivity index is 1.90. The molecule has 0 aliphatic carbocycles. The molecule has 0 fully saturated rings. The molecule has 0 aliphatic heterocycles. The zero-order valence-corrected chi connectivity index (χ0v) is 25.9. The lowest BCUT2D eigenvalue weighted by Crippen LogP contribution is -2.35. The Morgan fingerprint density at radius 3 is 1.77 bits per heavy atom. The number of aryl methyl sites for hydroxylation is 1. The summed E-state index contributed by atoms with van der Waals surface area (Å²) in [6.07, 6.45) is 35.4. The van der Waals surface area contributed by atoms with Gasteiger partial charge in [-0.15, -0.1) is 0 Å². The van der Waals surface area contributed by atoms with Gasteiger partial charge in [-0.05, 0) is 44.9 Å². The van der Waals surface area contributed by atoms with Gasteiger partial charge >= 0.3 is 0 Å². The van der Waals surface area contributed by atoms with Crippen LogP contribution in [0.2, 0.25) is 0 Å². The lowest BCUT2D eigenvalue weighted by molar-refractivity contribution is -0.613. The van der Waals surface area contributed by atoms with Gasteiger partial charge in [0.25, 0.3) is 5.91 Å². The molecule has 1 aromatic heterocycles. The highest BCUT2D eigenvalue weighted by Crippen LogP contribution is 1.98. The van der Waals surface area contributed by atoms with Crippen LogP contribution in [0.25, 0.3) is 0 Å². The minimum Gasteiger partial charge on any atom is -0.618 e. The molecule has 2 amide bonds. The molecule has 0 aromatic carbocycles. The lowest BCUT2D eigenvalue weighted by Gasteiger charge is -2.08. The predicted octanol–water partition coefficient (Wildman–Crippen LogP) is 5.38. The van der Waals surface area contributed by atoms with Crippen LogP contribution in [-0.4, -0.2) is 56.3 Å². The molecule has 0 saturated heterocycles. The van der Waals surface area contributed by atoms with E-state index in [1.165, 1.54) is 6.20 Å². The first-order valence-electron chi connectivity index (χ1n) is 15.2. The summed E-state index contributed by atoms with van der Waals surface area (Å²) < 4.78 is 11.4. The van der Waals surface area contributed by atoms with Crippen molar-refractivity contribution in [3.05, 3.63) is 102 Å². The highest BCUT2D eigenvalue weighted by atomic mass is 16.5. The number of amides is 2. The predicted molar refractivity (Wildman–Crippen MR) is 172 cm³/mol. The number of hydrogen-bond acceptors (Lipinski definition) is 6. The number of hydrogen-bond donors (Lipinski definition) is 2. The van der Waals surface area contributed by atoms with Crippen LogP contribution in [0.5, 0.6) is 0 Å². The molecule has 236 valence electrons. The summed E-state index contributed by atoms with van der Waals surface area (Å²) in [6, 6.07) is 0. The van der Waals surface area contributed by atoms with Crippen LogP contribution in [0.1, 0.15) is 74.5 Å². The van der Waals surface area contributed by atoms with E-state index in [4.69, 9.17) is 9.47 Å². The molecule has 1 heterocycles. The summed E-state index contributed by atoms with van der Waals surface area (Å²) >= 11 is 0. The monoisotopic (exact) mass is 594 g/mol. The molecule has 0 atom stereocenters. The largest absolute Gasteiger partial charge is 0.618 e. The number of allylic oxidation sites excluding steroid dienone is 12. The summed E-state index contributed by atoms with van der Waals surface area (Å²) in [6.45, 7) is 5.97. The second-order valence-corrected chi connectivity index (χ2v) is 9.52. The smallest absolute Gasteiger partial charge is 0.276 e. The molecule has 0 bridgehead atoms. The maximum atomic E-state index is 11.9. The number of aromatic nitrogens is 2. The zero-order chi connectivity index (χ0) is 31.2. The standard InChI is InChI=1S/C34H50N4O5/c1-3-4-5-6-7-8-9-10-11-12-13-14-15-16-17-18-19-20-21-22-33(39)35-23-25-42-27-28-43-26-24-36-34(40)32-30-38(41)31(2)29-37-32/h4-5,7-8,10-11,13-14,16-17,19-20,29-30H,3,6,9,12,15,18,21-28H2,1-2H3,(H,35,39)(H,36,40). The van der Waals surface area contributed by atoms with Gasteiger partial charge in [0.1, 0.15) is 0 Å². The highest BCUT2D eigenvalue weighted by molar-refractivity contribution is 5.91. The molecule has 0 aliphatic rings. The van der Waals surface area contributed by atoms with Gasteiger partial charge in [-0.2, -0.15) is 4.73 Å². The van der Waals surface area contributed by atoms with Crippen LogP contribution >= 0.6 is 0 Å². The van der Waals surface area contributed by atoms with Gasteiger partial charge in [-0.25, -0.2) is 4.98 Å². The molecule has 9 heteroatoms. The topological polar surface area (TPSA) is 116 Å². The Bertz CT molecular complexity index is 1080. The van der Waals surface area contributed by atoms with Crippen molar-refractivity contribution in [2.45, 2.75) is 65.2 Å². The average Bonchev–Trinajstić information content (AvgIpc) is 3.00. The Kier molecular flexibility index (Phi) is 23.4. The molecule has 9 nitrogen and oxygen atoms in total. The van der Waals surface area contributed by atoms with E-state index in [1.807, 2.05) is 6.08 Å². The average molecular weight is 595 g/mol. The molecule has 1 aromatic rings. The second-order valence-electron chi connectivity index (χ2n) is 9.52. The van der Waals surface area contributed by atoms with E-state index in [0.717, 1.165) is 44.7 Å². The molecule has 0 saturated carbocycles. The Morgan fingerprint density at radius 1 is 0.767 bits per heavy atom. The van der Waals surface area contributed by atoms with Crippen LogP contribution in [0.3, 0.4) is 0 Å². The van der Waals surface area contributed by atoms with Gasteiger partial charge in [0, 0.05) is 26.4 Å². The minimum absolute atomic E-state index is 0.000636. The van der Waals surface area contributed by atoms with Crippen molar-refractivity contribution in [2.24, 2.45) is 0 Å². The fourth-order valence-electron chi connectivity index (χ4n) is 3.44. The van der Waals surface area contributed by atoms with Crippen LogP contribution in [-0.2, 0) is 14.3 Å². The second kappa shape index (κ2) is 27.0. The number of rotatable bonds is 24. The molecule has 0 radical (unpaired) electrons. The summed E-state index contributed by atoms with van der Waals surface area (Å²) in [5.41, 5.74) is 0.476. The van der Waals surface area contributed by atoms with Crippen molar-refractivity contribution in [3.8, 4) is 0 Å². The van der Waals surface area contributed by atoms with Gasteiger partial charge in [0.05, 0.1) is 32.6 Å². The van der Waals surface area contributed by atoms with Gasteiger partial charge in [-0.3, -0.25) is 9.59 Å². The van der Waals surface area contributed by atoms with Crippen LogP contribution < -0.4 is 15.4 Å². The molecule has 0 spiro atoms. The molecule has 2 N–H and O–H groups in total.